The van der Waals surface area contributed by atoms with Crippen LogP contribution in [-0.2, 0) is 0 Å². The van der Waals surface area contributed by atoms with Crippen LogP contribution in [0, 0.1) is 5.82 Å². The van der Waals surface area contributed by atoms with Gasteiger partial charge in [-0.05, 0) is 13.0 Å². The van der Waals surface area contributed by atoms with Crippen molar-refractivity contribution in [3.8, 4) is 5.75 Å². The van der Waals surface area contributed by atoms with Gasteiger partial charge >= 0.3 is 0 Å². The van der Waals surface area contributed by atoms with Crippen molar-refractivity contribution >= 4 is 0 Å². The van der Waals surface area contributed by atoms with Crippen LogP contribution < -0.4 is 10.5 Å². The van der Waals surface area contributed by atoms with Gasteiger partial charge < -0.3 is 10.5 Å². The quantitative estimate of drug-likeness (QED) is 0.844. The molecule has 1 atom stereocenters. The first-order valence-electron chi connectivity index (χ1n) is 4.46. The Labute approximate surface area is 85.8 Å². The lowest BCUT2D eigenvalue weighted by molar-refractivity contribution is 0.0811. The molecule has 0 radical (unpaired) electrons. The van der Waals surface area contributed by atoms with Crippen molar-refractivity contribution in [2.45, 2.75) is 19.4 Å². The fourth-order valence-corrected chi connectivity index (χ4v) is 1.16. The Morgan fingerprint density at radius 2 is 2.07 bits per heavy atom. The highest BCUT2D eigenvalue weighted by molar-refractivity contribution is 5.36. The normalized spacial score (nSPS) is 12.9. The number of rotatable bonds is 4. The summed E-state index contributed by atoms with van der Waals surface area (Å²) in [5, 5.41) is 0. The highest BCUT2D eigenvalue weighted by atomic mass is 19.3. The van der Waals surface area contributed by atoms with Crippen LogP contribution >= 0.6 is 0 Å². The number of hydrogen-bond acceptors (Lipinski definition) is 2. The van der Waals surface area contributed by atoms with Crippen LogP contribution in [-0.4, -0.2) is 13.0 Å². The van der Waals surface area contributed by atoms with Crippen LogP contribution in [0.25, 0.3) is 0 Å². The molecule has 0 aliphatic heterocycles. The highest BCUT2D eigenvalue weighted by Gasteiger charge is 2.11. The zero-order valence-corrected chi connectivity index (χ0v) is 8.21. The van der Waals surface area contributed by atoms with Crippen LogP contribution in [0.2, 0.25) is 0 Å². The van der Waals surface area contributed by atoms with Crippen LogP contribution in [0.15, 0.2) is 18.2 Å². The van der Waals surface area contributed by atoms with E-state index >= 15 is 0 Å². The summed E-state index contributed by atoms with van der Waals surface area (Å²) in [6.45, 7) is 0.908. The number of halogens is 3. The molecule has 15 heavy (non-hydrogen) atoms. The first-order valence-corrected chi connectivity index (χ1v) is 4.46. The van der Waals surface area contributed by atoms with E-state index in [9.17, 15) is 13.2 Å². The van der Waals surface area contributed by atoms with Crippen molar-refractivity contribution < 1.29 is 17.9 Å². The number of benzene rings is 1. The summed E-state index contributed by atoms with van der Waals surface area (Å²) >= 11 is 0. The Morgan fingerprint density at radius 1 is 1.40 bits per heavy atom. The minimum absolute atomic E-state index is 0.0744. The minimum atomic E-state index is -2.59. The first-order chi connectivity index (χ1) is 7.00. The van der Waals surface area contributed by atoms with Crippen molar-refractivity contribution in [3.63, 3.8) is 0 Å². The fraction of sp³-hybridized carbons (Fsp3) is 0.400. The molecule has 1 aromatic carbocycles. The van der Waals surface area contributed by atoms with Gasteiger partial charge in [-0.15, -0.1) is 0 Å². The molecule has 0 fully saturated rings. The molecule has 5 heteroatoms. The largest absolute Gasteiger partial charge is 0.487 e. The van der Waals surface area contributed by atoms with Crippen molar-refractivity contribution in [1.29, 1.82) is 0 Å². The summed E-state index contributed by atoms with van der Waals surface area (Å²) in [6.07, 6.45) is -2.59. The number of alkyl halides is 2. The lowest BCUT2D eigenvalue weighted by Gasteiger charge is -2.13. The molecule has 1 rings (SSSR count). The molecule has 0 amide bonds. The fourth-order valence-electron chi connectivity index (χ4n) is 1.16. The van der Waals surface area contributed by atoms with Gasteiger partial charge in [-0.2, -0.15) is 0 Å². The van der Waals surface area contributed by atoms with Gasteiger partial charge in [0.25, 0.3) is 6.43 Å². The molecular formula is C10H12F3NO. The summed E-state index contributed by atoms with van der Waals surface area (Å²) in [4.78, 5) is 0. The molecule has 2 N–H and O–H groups in total. The lowest BCUT2D eigenvalue weighted by atomic mass is 10.1. The Kier molecular flexibility index (Phi) is 3.96. The van der Waals surface area contributed by atoms with E-state index < -0.39 is 24.9 Å². The Bertz CT molecular complexity index is 328. The summed E-state index contributed by atoms with van der Waals surface area (Å²) in [5.41, 5.74) is 6.09. The van der Waals surface area contributed by atoms with Crippen LogP contribution in [0.4, 0.5) is 13.2 Å². The standard InChI is InChI=1S/C10H12F3NO/c1-6(14)8-3-2-7(11)4-9(8)15-5-10(12)13/h2-4,6,10H,5,14H2,1H3. The van der Waals surface area contributed by atoms with Crippen molar-refractivity contribution in [3.05, 3.63) is 29.6 Å². The van der Waals surface area contributed by atoms with Gasteiger partial charge in [-0.1, -0.05) is 6.07 Å². The molecule has 0 aromatic heterocycles. The molecule has 1 unspecified atom stereocenters. The molecule has 84 valence electrons. The molecule has 0 saturated carbocycles. The number of nitrogens with two attached hydrogens (primary N) is 1. The van der Waals surface area contributed by atoms with Gasteiger partial charge in [0.1, 0.15) is 18.2 Å². The minimum Gasteiger partial charge on any atom is -0.487 e. The molecule has 0 aliphatic rings. The van der Waals surface area contributed by atoms with E-state index in [4.69, 9.17) is 10.5 Å². The van der Waals surface area contributed by atoms with Gasteiger partial charge in [-0.25, -0.2) is 13.2 Å². The zero-order valence-electron chi connectivity index (χ0n) is 8.21. The Balaban J connectivity index is 2.87. The predicted molar refractivity (Wildman–Crippen MR) is 50.5 cm³/mol. The molecular weight excluding hydrogens is 207 g/mol. The Morgan fingerprint density at radius 3 is 2.60 bits per heavy atom. The third-order valence-corrected chi connectivity index (χ3v) is 1.83. The van der Waals surface area contributed by atoms with E-state index in [1.54, 1.807) is 6.92 Å². The zero-order chi connectivity index (χ0) is 11.4. The molecule has 0 saturated heterocycles. The average molecular weight is 219 g/mol. The summed E-state index contributed by atoms with van der Waals surface area (Å²) in [7, 11) is 0. The highest BCUT2D eigenvalue weighted by Crippen LogP contribution is 2.25. The van der Waals surface area contributed by atoms with E-state index in [-0.39, 0.29) is 5.75 Å². The molecule has 0 aliphatic carbocycles. The average Bonchev–Trinajstić information content (AvgIpc) is 2.14. The maximum atomic E-state index is 12.8. The Hall–Kier alpha value is -1.23. The summed E-state index contributed by atoms with van der Waals surface area (Å²) < 4.78 is 41.4. The third kappa shape index (κ3) is 3.43. The molecule has 0 spiro atoms. The van der Waals surface area contributed by atoms with Gasteiger partial charge in [0.2, 0.25) is 0 Å². The van der Waals surface area contributed by atoms with E-state index in [1.165, 1.54) is 12.1 Å². The second-order valence-electron chi connectivity index (χ2n) is 3.17. The van der Waals surface area contributed by atoms with Crippen molar-refractivity contribution in [2.75, 3.05) is 6.61 Å². The lowest BCUT2D eigenvalue weighted by Crippen LogP contribution is -2.12. The smallest absolute Gasteiger partial charge is 0.272 e. The summed E-state index contributed by atoms with van der Waals surface area (Å²) in [6, 6.07) is 3.31. The molecule has 0 heterocycles. The van der Waals surface area contributed by atoms with Crippen molar-refractivity contribution in [1.82, 2.24) is 0 Å². The maximum absolute atomic E-state index is 12.8. The van der Waals surface area contributed by atoms with Crippen LogP contribution in [0.3, 0.4) is 0 Å². The maximum Gasteiger partial charge on any atom is 0.272 e. The second-order valence-corrected chi connectivity index (χ2v) is 3.17. The first kappa shape index (κ1) is 11.8. The van der Waals surface area contributed by atoms with E-state index in [1.807, 2.05) is 0 Å². The van der Waals surface area contributed by atoms with E-state index in [2.05, 4.69) is 0 Å². The number of hydrogen-bond donors (Lipinski definition) is 1. The second kappa shape index (κ2) is 5.02. The monoisotopic (exact) mass is 219 g/mol. The predicted octanol–water partition coefficient (Wildman–Crippen LogP) is 2.49. The molecule has 2 nitrogen and oxygen atoms in total. The SMILES string of the molecule is CC(N)c1ccc(F)cc1OCC(F)F. The van der Waals surface area contributed by atoms with Gasteiger partial charge in [0.15, 0.2) is 0 Å². The number of ether oxygens (including phenoxy) is 1. The van der Waals surface area contributed by atoms with Crippen molar-refractivity contribution in [2.24, 2.45) is 5.73 Å². The van der Waals surface area contributed by atoms with Gasteiger partial charge in [0.05, 0.1) is 0 Å². The molecule has 0 bridgehead atoms. The van der Waals surface area contributed by atoms with Gasteiger partial charge in [-0.3, -0.25) is 0 Å². The van der Waals surface area contributed by atoms with Gasteiger partial charge in [0, 0.05) is 17.7 Å². The van der Waals surface area contributed by atoms with Crippen LogP contribution in [0.1, 0.15) is 18.5 Å². The van der Waals surface area contributed by atoms with E-state index in [0.717, 1.165) is 6.07 Å². The summed E-state index contributed by atoms with van der Waals surface area (Å²) in [5.74, 6) is -0.464. The topological polar surface area (TPSA) is 35.2 Å². The third-order valence-electron chi connectivity index (χ3n) is 1.83. The van der Waals surface area contributed by atoms with Crippen LogP contribution in [0.5, 0.6) is 5.75 Å². The van der Waals surface area contributed by atoms with E-state index in [0.29, 0.717) is 5.56 Å². The molecule has 1 aromatic rings.